The predicted octanol–water partition coefficient (Wildman–Crippen LogP) is 0.208. The van der Waals surface area contributed by atoms with Crippen molar-refractivity contribution in [3.8, 4) is 0 Å². The molecular formula is C9H14NO4-. The Bertz CT molecular complexity index is 241. The van der Waals surface area contributed by atoms with E-state index in [2.05, 4.69) is 10.1 Å². The van der Waals surface area contributed by atoms with E-state index in [1.807, 2.05) is 6.92 Å². The summed E-state index contributed by atoms with van der Waals surface area (Å²) in [6.07, 6.45) is -0.316. The third kappa shape index (κ3) is 2.45. The van der Waals surface area contributed by atoms with Crippen LogP contribution in [0.5, 0.6) is 0 Å². The van der Waals surface area contributed by atoms with E-state index in [4.69, 9.17) is 4.74 Å². The first-order valence-corrected chi connectivity index (χ1v) is 4.48. The monoisotopic (exact) mass is 200 g/mol. The van der Waals surface area contributed by atoms with Crippen LogP contribution in [0.1, 0.15) is 20.8 Å². The Morgan fingerprint density at radius 2 is 2.29 bits per heavy atom. The normalized spacial score (nSPS) is 25.4. The van der Waals surface area contributed by atoms with Crippen molar-refractivity contribution < 1.29 is 19.1 Å². The van der Waals surface area contributed by atoms with E-state index in [0.717, 1.165) is 0 Å². The molecular weight excluding hydrogens is 186 g/mol. The topological polar surface area (TPSA) is 64.6 Å². The highest BCUT2D eigenvalue weighted by Gasteiger charge is 2.30. The second-order valence-corrected chi connectivity index (χ2v) is 3.37. The maximum atomic E-state index is 11.1. The van der Waals surface area contributed by atoms with Gasteiger partial charge in [0.15, 0.2) is 0 Å². The number of hydrogen-bond acceptors (Lipinski definition) is 5. The van der Waals surface area contributed by atoms with Crippen LogP contribution >= 0.6 is 0 Å². The molecule has 1 rings (SSSR count). The highest BCUT2D eigenvalue weighted by Crippen LogP contribution is 2.17. The molecule has 5 nitrogen and oxygen atoms in total. The van der Waals surface area contributed by atoms with Gasteiger partial charge < -0.3 is 14.8 Å². The van der Waals surface area contributed by atoms with Gasteiger partial charge in [0, 0.05) is 12.8 Å². The second kappa shape index (κ2) is 4.41. The predicted molar refractivity (Wildman–Crippen MR) is 47.7 cm³/mol. The van der Waals surface area contributed by atoms with Crippen LogP contribution in [0.4, 0.5) is 0 Å². The van der Waals surface area contributed by atoms with Crippen molar-refractivity contribution in [2.45, 2.75) is 32.9 Å². The van der Waals surface area contributed by atoms with Gasteiger partial charge in [-0.3, -0.25) is 9.59 Å². The number of hydrogen-bond donors (Lipinski definition) is 1. The smallest absolute Gasteiger partial charge is 0.302 e. The van der Waals surface area contributed by atoms with Gasteiger partial charge in [0.05, 0.1) is 6.04 Å². The highest BCUT2D eigenvalue weighted by molar-refractivity contribution is 5.78. The molecule has 0 aliphatic carbocycles. The van der Waals surface area contributed by atoms with Crippen LogP contribution in [0.15, 0.2) is 0 Å². The fourth-order valence-corrected chi connectivity index (χ4v) is 1.31. The first-order chi connectivity index (χ1) is 6.52. The molecule has 1 saturated heterocycles. The molecule has 1 fully saturated rings. The molecule has 14 heavy (non-hydrogen) atoms. The van der Waals surface area contributed by atoms with Crippen LogP contribution in [0.2, 0.25) is 0 Å². The molecule has 0 aromatic heterocycles. The van der Waals surface area contributed by atoms with Crippen molar-refractivity contribution in [1.82, 2.24) is 5.32 Å². The number of carbonyl (C=O) groups excluding carboxylic acids is 2. The maximum Gasteiger partial charge on any atom is 0.302 e. The minimum atomic E-state index is -0.427. The lowest BCUT2D eigenvalue weighted by molar-refractivity contribution is -0.150. The molecule has 5 heteroatoms. The summed E-state index contributed by atoms with van der Waals surface area (Å²) in [5.74, 6) is -0.804. The zero-order valence-corrected chi connectivity index (χ0v) is 8.44. The van der Waals surface area contributed by atoms with Crippen molar-refractivity contribution >= 4 is 11.9 Å². The van der Waals surface area contributed by atoms with Gasteiger partial charge in [-0.1, -0.05) is 13.7 Å². The van der Waals surface area contributed by atoms with E-state index in [1.54, 1.807) is 6.92 Å². The molecule has 0 aromatic rings. The molecule has 0 spiro atoms. The standard InChI is InChI=1S/C9H14NO4/c1-5(6(2)14-7(3)11)8-9(12)13-4-10-8/h4-6,8,10H,1-3H3/q-1/t5-,6-,8-/m0/s1. The fourth-order valence-electron chi connectivity index (χ4n) is 1.31. The lowest BCUT2D eigenvalue weighted by atomic mass is 9.97. The Labute approximate surface area is 82.8 Å². The van der Waals surface area contributed by atoms with Crippen LogP contribution in [0.25, 0.3) is 0 Å². The average molecular weight is 200 g/mol. The third-order valence-electron chi connectivity index (χ3n) is 2.29. The summed E-state index contributed by atoms with van der Waals surface area (Å²) in [6, 6.07) is -0.427. The first kappa shape index (κ1) is 11.0. The van der Waals surface area contributed by atoms with Crippen molar-refractivity contribution in [1.29, 1.82) is 0 Å². The second-order valence-electron chi connectivity index (χ2n) is 3.37. The minimum Gasteiger partial charge on any atom is -0.621 e. The fraction of sp³-hybridized carbons (Fsp3) is 0.667. The Hall–Kier alpha value is -1.10. The molecule has 1 heterocycles. The Morgan fingerprint density at radius 1 is 1.64 bits per heavy atom. The molecule has 0 bridgehead atoms. The minimum absolute atomic E-state index is 0.120. The van der Waals surface area contributed by atoms with E-state index >= 15 is 0 Å². The summed E-state index contributed by atoms with van der Waals surface area (Å²) in [4.78, 5) is 21.8. The molecule has 0 saturated carbocycles. The van der Waals surface area contributed by atoms with Crippen molar-refractivity contribution in [3.05, 3.63) is 6.73 Å². The van der Waals surface area contributed by atoms with Gasteiger partial charge in [-0.25, -0.2) is 0 Å². The Balaban J connectivity index is 2.50. The quantitative estimate of drug-likeness (QED) is 0.521. The van der Waals surface area contributed by atoms with Gasteiger partial charge in [-0.15, -0.1) is 0 Å². The van der Waals surface area contributed by atoms with Crippen molar-refractivity contribution in [2.75, 3.05) is 0 Å². The van der Waals surface area contributed by atoms with E-state index < -0.39 is 6.04 Å². The van der Waals surface area contributed by atoms with Gasteiger partial charge in [-0.2, -0.15) is 0 Å². The SMILES string of the molecule is CC(=O)O[C@@H](C)[C@H](C)[C@@H]1N[CH-]OC1=O. The molecule has 1 N–H and O–H groups in total. The van der Waals surface area contributed by atoms with Gasteiger partial charge in [0.1, 0.15) is 6.10 Å². The zero-order chi connectivity index (χ0) is 10.7. The van der Waals surface area contributed by atoms with Crippen molar-refractivity contribution in [2.24, 2.45) is 5.92 Å². The largest absolute Gasteiger partial charge is 0.621 e. The van der Waals surface area contributed by atoms with Gasteiger partial charge >= 0.3 is 5.97 Å². The number of nitrogens with one attached hydrogen (secondary N) is 1. The van der Waals surface area contributed by atoms with E-state index in [1.165, 1.54) is 13.7 Å². The number of cyclic esters (lactones) is 1. The maximum absolute atomic E-state index is 11.1. The molecule has 0 unspecified atom stereocenters. The molecule has 3 atom stereocenters. The summed E-state index contributed by atoms with van der Waals surface area (Å²) in [7, 11) is 0. The Morgan fingerprint density at radius 3 is 2.71 bits per heavy atom. The average Bonchev–Trinajstić information content (AvgIpc) is 2.48. The lowest BCUT2D eigenvalue weighted by Crippen LogP contribution is -2.40. The van der Waals surface area contributed by atoms with E-state index in [0.29, 0.717) is 0 Å². The summed E-state index contributed by atoms with van der Waals surface area (Å²) < 4.78 is 9.60. The third-order valence-corrected chi connectivity index (χ3v) is 2.29. The van der Waals surface area contributed by atoms with Crippen LogP contribution in [-0.4, -0.2) is 24.1 Å². The molecule has 1 aliphatic heterocycles. The van der Waals surface area contributed by atoms with Gasteiger partial charge in [0.25, 0.3) is 5.97 Å². The van der Waals surface area contributed by atoms with Crippen LogP contribution in [0, 0.1) is 12.6 Å². The van der Waals surface area contributed by atoms with Crippen LogP contribution in [-0.2, 0) is 19.1 Å². The number of esters is 2. The summed E-state index contributed by atoms with van der Waals surface area (Å²) in [5, 5.41) is 2.77. The number of rotatable bonds is 3. The molecule has 0 radical (unpaired) electrons. The van der Waals surface area contributed by atoms with Crippen LogP contribution in [0.3, 0.4) is 0 Å². The van der Waals surface area contributed by atoms with Crippen LogP contribution < -0.4 is 5.32 Å². The number of carbonyl (C=O) groups is 2. The zero-order valence-electron chi connectivity index (χ0n) is 8.44. The summed E-state index contributed by atoms with van der Waals surface area (Å²) in [6.45, 7) is 6.17. The van der Waals surface area contributed by atoms with Gasteiger partial charge in [-0.05, 0) is 6.92 Å². The molecule has 1 aliphatic rings. The highest BCUT2D eigenvalue weighted by atomic mass is 16.6. The summed E-state index contributed by atoms with van der Waals surface area (Å²) >= 11 is 0. The molecule has 0 amide bonds. The summed E-state index contributed by atoms with van der Waals surface area (Å²) in [5.41, 5.74) is 0. The van der Waals surface area contributed by atoms with E-state index in [9.17, 15) is 9.59 Å². The molecule has 0 aromatic carbocycles. The lowest BCUT2D eigenvalue weighted by Gasteiger charge is -2.24. The molecule has 80 valence electrons. The Kier molecular flexibility index (Phi) is 3.46. The van der Waals surface area contributed by atoms with Gasteiger partial charge in [0.2, 0.25) is 0 Å². The first-order valence-electron chi connectivity index (χ1n) is 4.48. The number of ether oxygens (including phenoxy) is 2. The van der Waals surface area contributed by atoms with E-state index in [-0.39, 0.29) is 24.0 Å². The van der Waals surface area contributed by atoms with Crippen molar-refractivity contribution in [3.63, 3.8) is 0 Å².